The van der Waals surface area contributed by atoms with Gasteiger partial charge in [0.05, 0.1) is 5.69 Å². The molecule has 2 aromatic carbocycles. The van der Waals surface area contributed by atoms with Crippen LogP contribution in [0.25, 0.3) is 6.08 Å². The lowest BCUT2D eigenvalue weighted by Crippen LogP contribution is -2.24. The molecule has 0 saturated carbocycles. The number of nitrogen functional groups attached to an aromatic ring is 1. The van der Waals surface area contributed by atoms with Crippen LogP contribution < -0.4 is 11.1 Å². The number of nitrogens with two attached hydrogens (primary N) is 1. The molecule has 0 unspecified atom stereocenters. The van der Waals surface area contributed by atoms with Crippen LogP contribution in [0.1, 0.15) is 11.1 Å². The highest BCUT2D eigenvalue weighted by atomic mass is 19.1. The van der Waals surface area contributed by atoms with Crippen LogP contribution in [-0.2, 0) is 11.3 Å². The van der Waals surface area contributed by atoms with Crippen molar-refractivity contribution >= 4 is 17.9 Å². The Hall–Kier alpha value is -2.89. The van der Waals surface area contributed by atoms with Gasteiger partial charge in [0.15, 0.2) is 0 Å². The normalized spacial score (nSPS) is 10.7. The fourth-order valence-corrected chi connectivity index (χ4v) is 1.84. The summed E-state index contributed by atoms with van der Waals surface area (Å²) in [5.74, 6) is -1.54. The number of hydrogen-bond donors (Lipinski definition) is 2. The molecule has 0 saturated heterocycles. The Morgan fingerprint density at radius 1 is 1.22 bits per heavy atom. The van der Waals surface area contributed by atoms with Gasteiger partial charge in [-0.1, -0.05) is 42.5 Å². The molecule has 0 fully saturated rings. The van der Waals surface area contributed by atoms with Crippen molar-refractivity contribution in [3.8, 4) is 0 Å². The van der Waals surface area contributed by atoms with E-state index in [1.54, 1.807) is 0 Å². The summed E-state index contributed by atoms with van der Waals surface area (Å²) in [6.07, 6.45) is 2.37. The van der Waals surface area contributed by atoms with E-state index in [1.165, 1.54) is 12.2 Å². The van der Waals surface area contributed by atoms with E-state index in [-0.39, 0.29) is 24.4 Å². The Balaban J connectivity index is 1.79. The standard InChI is InChI=1S/C17H16F2N2O2/c18-14-9-13(16(20)15(19)10-14)7-4-8-21-17(22)23-11-12-5-2-1-3-6-12/h1-7,9-10H,8,11,20H2,(H,21,22). The van der Waals surface area contributed by atoms with Gasteiger partial charge in [-0.2, -0.15) is 0 Å². The van der Waals surface area contributed by atoms with E-state index in [2.05, 4.69) is 5.32 Å². The zero-order chi connectivity index (χ0) is 16.7. The molecule has 1 amide bonds. The van der Waals surface area contributed by atoms with Gasteiger partial charge >= 0.3 is 6.09 Å². The number of hydrogen-bond acceptors (Lipinski definition) is 3. The van der Waals surface area contributed by atoms with Crippen LogP contribution in [0.3, 0.4) is 0 Å². The predicted octanol–water partition coefficient (Wildman–Crippen LogP) is 3.49. The second-order valence-electron chi connectivity index (χ2n) is 4.74. The Bertz CT molecular complexity index is 703. The summed E-state index contributed by atoms with van der Waals surface area (Å²) in [7, 11) is 0. The molecule has 0 aliphatic rings. The van der Waals surface area contributed by atoms with E-state index >= 15 is 0 Å². The highest BCUT2D eigenvalue weighted by Crippen LogP contribution is 2.19. The van der Waals surface area contributed by atoms with Crippen LogP contribution in [0.15, 0.2) is 48.5 Å². The highest BCUT2D eigenvalue weighted by molar-refractivity contribution is 5.68. The maximum atomic E-state index is 13.3. The summed E-state index contributed by atoms with van der Waals surface area (Å²) in [6.45, 7) is 0.309. The predicted molar refractivity (Wildman–Crippen MR) is 84.4 cm³/mol. The number of carbonyl (C=O) groups is 1. The molecule has 0 aliphatic heterocycles. The molecule has 2 aromatic rings. The summed E-state index contributed by atoms with van der Waals surface area (Å²) in [5, 5.41) is 2.50. The van der Waals surface area contributed by atoms with Crippen molar-refractivity contribution in [1.29, 1.82) is 0 Å². The van der Waals surface area contributed by atoms with Gasteiger partial charge < -0.3 is 15.8 Å². The summed E-state index contributed by atoms with van der Waals surface area (Å²) < 4.78 is 31.4. The number of nitrogens with one attached hydrogen (secondary N) is 1. The largest absolute Gasteiger partial charge is 0.445 e. The lowest BCUT2D eigenvalue weighted by atomic mass is 10.1. The lowest BCUT2D eigenvalue weighted by molar-refractivity contribution is 0.141. The number of alkyl carbamates (subject to hydrolysis) is 1. The van der Waals surface area contributed by atoms with Crippen LogP contribution >= 0.6 is 0 Å². The Morgan fingerprint density at radius 2 is 1.96 bits per heavy atom. The molecule has 6 heteroatoms. The van der Waals surface area contributed by atoms with Gasteiger partial charge in [-0.25, -0.2) is 13.6 Å². The summed E-state index contributed by atoms with van der Waals surface area (Å²) in [6, 6.07) is 11.1. The lowest BCUT2D eigenvalue weighted by Gasteiger charge is -2.05. The maximum absolute atomic E-state index is 13.3. The molecular weight excluding hydrogens is 302 g/mol. The monoisotopic (exact) mass is 318 g/mol. The van der Waals surface area contributed by atoms with Gasteiger partial charge in [0, 0.05) is 18.2 Å². The SMILES string of the molecule is Nc1c(F)cc(F)cc1C=CCNC(=O)OCc1ccccc1. The minimum atomic E-state index is -0.820. The van der Waals surface area contributed by atoms with Crippen molar-refractivity contribution in [2.75, 3.05) is 12.3 Å². The summed E-state index contributed by atoms with van der Waals surface area (Å²) >= 11 is 0. The molecule has 3 N–H and O–H groups in total. The van der Waals surface area contributed by atoms with E-state index < -0.39 is 17.7 Å². The molecular formula is C17H16F2N2O2. The first-order valence-corrected chi connectivity index (χ1v) is 6.92. The molecule has 0 aliphatic carbocycles. The molecule has 4 nitrogen and oxygen atoms in total. The minimum absolute atomic E-state index is 0.144. The molecule has 0 atom stereocenters. The molecule has 23 heavy (non-hydrogen) atoms. The smallest absolute Gasteiger partial charge is 0.407 e. The number of ether oxygens (including phenoxy) is 1. The number of benzene rings is 2. The minimum Gasteiger partial charge on any atom is -0.445 e. The van der Waals surface area contributed by atoms with E-state index in [1.807, 2.05) is 30.3 Å². The molecule has 120 valence electrons. The third-order valence-corrected chi connectivity index (χ3v) is 3.00. The number of anilines is 1. The molecule has 0 bridgehead atoms. The maximum Gasteiger partial charge on any atom is 0.407 e. The second-order valence-corrected chi connectivity index (χ2v) is 4.74. The average molecular weight is 318 g/mol. The van der Waals surface area contributed by atoms with Crippen molar-refractivity contribution in [1.82, 2.24) is 5.32 Å². The third kappa shape index (κ3) is 5.10. The Kier molecular flexibility index (Phi) is 5.68. The molecule has 0 radical (unpaired) electrons. The van der Waals surface area contributed by atoms with Crippen molar-refractivity contribution < 1.29 is 18.3 Å². The third-order valence-electron chi connectivity index (χ3n) is 3.00. The summed E-state index contributed by atoms with van der Waals surface area (Å²) in [4.78, 5) is 11.5. The van der Waals surface area contributed by atoms with Crippen molar-refractivity contribution in [3.05, 3.63) is 71.3 Å². The number of halogens is 2. The van der Waals surface area contributed by atoms with Crippen molar-refractivity contribution in [2.45, 2.75) is 6.61 Å². The fourth-order valence-electron chi connectivity index (χ4n) is 1.84. The van der Waals surface area contributed by atoms with E-state index in [9.17, 15) is 13.6 Å². The van der Waals surface area contributed by atoms with Gasteiger partial charge in [0.1, 0.15) is 18.2 Å². The van der Waals surface area contributed by atoms with E-state index in [0.29, 0.717) is 6.07 Å². The molecule has 0 spiro atoms. The first kappa shape index (κ1) is 16.5. The van der Waals surface area contributed by atoms with Crippen LogP contribution in [-0.4, -0.2) is 12.6 Å². The molecule has 2 rings (SSSR count). The highest BCUT2D eigenvalue weighted by Gasteiger charge is 2.05. The number of rotatable bonds is 5. The Labute approximate surface area is 132 Å². The number of amides is 1. The number of carbonyl (C=O) groups excluding carboxylic acids is 1. The second kappa shape index (κ2) is 7.93. The van der Waals surface area contributed by atoms with Crippen LogP contribution in [0, 0.1) is 11.6 Å². The van der Waals surface area contributed by atoms with Crippen LogP contribution in [0.5, 0.6) is 0 Å². The van der Waals surface area contributed by atoms with Gasteiger partial charge in [-0.15, -0.1) is 0 Å². The van der Waals surface area contributed by atoms with Crippen molar-refractivity contribution in [3.63, 3.8) is 0 Å². The van der Waals surface area contributed by atoms with Gasteiger partial charge in [0.2, 0.25) is 0 Å². The van der Waals surface area contributed by atoms with Crippen LogP contribution in [0.4, 0.5) is 19.3 Å². The Morgan fingerprint density at radius 3 is 2.70 bits per heavy atom. The van der Waals surface area contributed by atoms with Crippen LogP contribution in [0.2, 0.25) is 0 Å². The first-order chi connectivity index (χ1) is 11.1. The van der Waals surface area contributed by atoms with Crippen molar-refractivity contribution in [2.24, 2.45) is 0 Å². The van der Waals surface area contributed by atoms with Gasteiger partial charge in [-0.05, 0) is 11.6 Å². The van der Waals surface area contributed by atoms with Gasteiger partial charge in [-0.3, -0.25) is 0 Å². The average Bonchev–Trinajstić information content (AvgIpc) is 2.54. The zero-order valence-corrected chi connectivity index (χ0v) is 12.3. The quantitative estimate of drug-likeness (QED) is 0.830. The topological polar surface area (TPSA) is 64.3 Å². The van der Waals surface area contributed by atoms with Gasteiger partial charge in [0.25, 0.3) is 0 Å². The fraction of sp³-hybridized carbons (Fsp3) is 0.118. The molecule has 0 heterocycles. The summed E-state index contributed by atoms with van der Waals surface area (Å²) in [5.41, 5.74) is 6.44. The first-order valence-electron chi connectivity index (χ1n) is 6.92. The zero-order valence-electron chi connectivity index (χ0n) is 12.3. The molecule has 0 aromatic heterocycles. The van der Waals surface area contributed by atoms with E-state index in [4.69, 9.17) is 10.5 Å². The van der Waals surface area contributed by atoms with E-state index in [0.717, 1.165) is 11.6 Å².